The Bertz CT molecular complexity index is 5230. The summed E-state index contributed by atoms with van der Waals surface area (Å²) in [6.07, 6.45) is 35.6. The van der Waals surface area contributed by atoms with Gasteiger partial charge in [-0.05, 0) is 264 Å². The van der Waals surface area contributed by atoms with Gasteiger partial charge in [0.25, 0.3) is 0 Å². The number of benzene rings is 13. The highest BCUT2D eigenvalue weighted by Crippen LogP contribution is 2.53. The molecule has 0 radical (unpaired) electrons. The zero-order valence-electron chi connectivity index (χ0n) is 66.1. The zero-order valence-corrected chi connectivity index (χ0v) is 66.1. The Morgan fingerprint density at radius 1 is 0.252 bits per heavy atom. The van der Waals surface area contributed by atoms with Crippen LogP contribution in [0.1, 0.15) is 201 Å². The second-order valence-corrected chi connectivity index (χ2v) is 33.2. The van der Waals surface area contributed by atoms with E-state index >= 15 is 0 Å². The summed E-state index contributed by atoms with van der Waals surface area (Å²) in [5.41, 5.74) is 32.0. The van der Waals surface area contributed by atoms with Crippen LogP contribution in [-0.2, 0) is 0 Å². The van der Waals surface area contributed by atoms with E-state index in [0.29, 0.717) is 23.7 Å². The molecule has 0 amide bonds. The number of allylic oxidation sites excluding steroid dienone is 4. The fourth-order valence-electron chi connectivity index (χ4n) is 19.4. The molecule has 0 bridgehead atoms. The molecule has 13 aromatic carbocycles. The van der Waals surface area contributed by atoms with E-state index in [-0.39, 0.29) is 0 Å². The molecule has 17 rings (SSSR count). The summed E-state index contributed by atoms with van der Waals surface area (Å²) in [4.78, 5) is 5.11. The van der Waals surface area contributed by atoms with Crippen molar-refractivity contribution < 1.29 is 0 Å². The summed E-state index contributed by atoms with van der Waals surface area (Å²) in [6, 6.07) is 106. The number of hydrogen-bond acceptors (Lipinski definition) is 2. The molecule has 2 heteroatoms. The number of nitrogens with zero attached hydrogens (tertiary/aromatic N) is 2. The highest BCUT2D eigenvalue weighted by atomic mass is 15.2. The Morgan fingerprint density at radius 3 is 0.838 bits per heavy atom. The van der Waals surface area contributed by atoms with Crippen molar-refractivity contribution in [2.24, 2.45) is 23.7 Å². The maximum atomic E-state index is 2.57. The highest BCUT2D eigenvalue weighted by Gasteiger charge is 2.29. The molecule has 4 fully saturated rings. The lowest BCUT2D eigenvalue weighted by Gasteiger charge is -2.31. The molecule has 0 atom stereocenters. The van der Waals surface area contributed by atoms with Gasteiger partial charge in [0.05, 0.1) is 11.4 Å². The summed E-state index contributed by atoms with van der Waals surface area (Å²) < 4.78 is 0. The Morgan fingerprint density at radius 2 is 0.532 bits per heavy atom. The molecule has 13 aromatic rings. The van der Waals surface area contributed by atoms with Crippen molar-refractivity contribution in [3.63, 3.8) is 0 Å². The van der Waals surface area contributed by atoms with Crippen LogP contribution >= 0.6 is 0 Å². The number of aryl methyl sites for hydroxylation is 5. The Kier molecular flexibility index (Phi) is 22.0. The van der Waals surface area contributed by atoms with E-state index < -0.39 is 0 Å². The van der Waals surface area contributed by atoms with Crippen molar-refractivity contribution in [2.75, 3.05) is 9.80 Å². The lowest BCUT2D eigenvalue weighted by Crippen LogP contribution is -2.12. The van der Waals surface area contributed by atoms with Gasteiger partial charge in [-0.15, -0.1) is 0 Å². The van der Waals surface area contributed by atoms with Crippen LogP contribution in [0.2, 0.25) is 0 Å². The first kappa shape index (κ1) is 73.0. The van der Waals surface area contributed by atoms with Crippen molar-refractivity contribution in [2.45, 2.75) is 163 Å². The first-order valence-corrected chi connectivity index (χ1v) is 42.2. The Labute approximate surface area is 661 Å². The average molecular weight is 1450 g/mol. The standard InChI is InChI=1S/C109H108N2/c1-75-37-53-88(54-38-75)102(84-24-10-6-11-25-84)71-80-45-61-92(62-46-80)110(93-63-47-81(48-64-93)72-103(85-26-12-7-13-27-85)89-55-39-76(2)40-56-89)106-70-69-101(107-79(5)23-22-36-100(106)107)108-96-32-18-20-34-98(96)109(99-35-21-19-33-97(99)108)111(94-65-49-82(50-66-94)73-104(86-28-14-8-15-29-86)90-57-41-77(3)42-58-90)95-67-51-83(52-68-95)74-105(87-30-16-9-17-31-87)91-59-43-78(4)44-60-91/h18-23,32-74,84-87H,6-17,24-31H2,1-5H3/b102-71-,103-72-,104-73-,105-74-. The van der Waals surface area contributed by atoms with E-state index in [4.69, 9.17) is 0 Å². The molecular weight excluding hydrogens is 1340 g/mol. The highest BCUT2D eigenvalue weighted by molar-refractivity contribution is 6.25. The third-order valence-electron chi connectivity index (χ3n) is 25.5. The van der Waals surface area contributed by atoms with Crippen LogP contribution in [-0.4, -0.2) is 0 Å². The molecule has 111 heavy (non-hydrogen) atoms. The lowest BCUT2D eigenvalue weighted by molar-refractivity contribution is 0.430. The minimum absolute atomic E-state index is 0.548. The molecule has 0 aliphatic heterocycles. The predicted octanol–water partition coefficient (Wildman–Crippen LogP) is 31.8. The molecule has 554 valence electrons. The summed E-state index contributed by atoms with van der Waals surface area (Å²) in [6.45, 7) is 11.1. The van der Waals surface area contributed by atoms with Crippen molar-refractivity contribution >= 4 is 113 Å². The average Bonchev–Trinajstić information content (AvgIpc) is 0.717. The molecule has 4 saturated carbocycles. The molecule has 0 N–H and O–H groups in total. The van der Waals surface area contributed by atoms with E-state index in [1.165, 1.54) is 272 Å². The fraction of sp³-hybridized carbons (Fsp3) is 0.266. The van der Waals surface area contributed by atoms with Crippen molar-refractivity contribution in [1.82, 2.24) is 0 Å². The number of fused-ring (bicyclic) bond motifs is 3. The van der Waals surface area contributed by atoms with Crippen LogP contribution in [0, 0.1) is 58.3 Å². The molecule has 4 aliphatic rings. The lowest BCUT2D eigenvalue weighted by atomic mass is 9.80. The van der Waals surface area contributed by atoms with Gasteiger partial charge >= 0.3 is 0 Å². The molecule has 4 aliphatic carbocycles. The Hall–Kier alpha value is -10.8. The number of rotatable bonds is 19. The summed E-state index contributed by atoms with van der Waals surface area (Å²) >= 11 is 0. The molecule has 0 aromatic heterocycles. The largest absolute Gasteiger partial charge is 0.310 e. The summed E-state index contributed by atoms with van der Waals surface area (Å²) in [5.74, 6) is 2.20. The van der Waals surface area contributed by atoms with E-state index in [0.717, 1.165) is 28.4 Å². The van der Waals surface area contributed by atoms with Crippen LogP contribution in [0.15, 0.2) is 273 Å². The second kappa shape index (κ2) is 33.4. The minimum atomic E-state index is 0.548. The second-order valence-electron chi connectivity index (χ2n) is 33.2. The number of hydrogen-bond donors (Lipinski definition) is 0. The van der Waals surface area contributed by atoms with E-state index in [9.17, 15) is 0 Å². The van der Waals surface area contributed by atoms with Crippen LogP contribution in [0.5, 0.6) is 0 Å². The molecule has 0 heterocycles. The van der Waals surface area contributed by atoms with Gasteiger partial charge in [-0.3, -0.25) is 0 Å². The maximum Gasteiger partial charge on any atom is 0.0618 e. The van der Waals surface area contributed by atoms with Crippen LogP contribution in [0.25, 0.3) is 90.0 Å². The van der Waals surface area contributed by atoms with Gasteiger partial charge in [-0.25, -0.2) is 0 Å². The molecule has 0 unspecified atom stereocenters. The van der Waals surface area contributed by atoms with Crippen LogP contribution < -0.4 is 9.80 Å². The summed E-state index contributed by atoms with van der Waals surface area (Å²) in [7, 11) is 0. The quantitative estimate of drug-likeness (QED) is 0.0588. The number of anilines is 6. The van der Waals surface area contributed by atoms with E-state index in [2.05, 4.69) is 342 Å². The van der Waals surface area contributed by atoms with Gasteiger partial charge in [0.15, 0.2) is 0 Å². The monoisotopic (exact) mass is 1440 g/mol. The third kappa shape index (κ3) is 16.0. The van der Waals surface area contributed by atoms with Gasteiger partial charge in [0.2, 0.25) is 0 Å². The topological polar surface area (TPSA) is 6.48 Å². The van der Waals surface area contributed by atoms with Crippen LogP contribution in [0.3, 0.4) is 0 Å². The molecular formula is C109H108N2. The first-order chi connectivity index (χ1) is 54.6. The predicted molar refractivity (Wildman–Crippen MR) is 481 cm³/mol. The smallest absolute Gasteiger partial charge is 0.0618 e. The van der Waals surface area contributed by atoms with Gasteiger partial charge in [0.1, 0.15) is 0 Å². The van der Waals surface area contributed by atoms with Crippen LogP contribution in [0.4, 0.5) is 34.1 Å². The van der Waals surface area contributed by atoms with E-state index in [1.54, 1.807) is 0 Å². The molecule has 2 nitrogen and oxygen atoms in total. The van der Waals surface area contributed by atoms with Gasteiger partial charge < -0.3 is 9.80 Å². The van der Waals surface area contributed by atoms with Crippen molar-refractivity contribution in [3.05, 3.63) is 345 Å². The maximum absolute atomic E-state index is 2.57. The normalized spacial score (nSPS) is 16.2. The van der Waals surface area contributed by atoms with Crippen molar-refractivity contribution in [1.29, 1.82) is 0 Å². The van der Waals surface area contributed by atoms with Gasteiger partial charge in [-0.2, -0.15) is 0 Å². The SMILES string of the molecule is Cc1ccc(/C(=C\c2ccc(N(c3ccc(/C=C(\c4ccc(C)cc4)C4CCCCC4)cc3)c3c4ccccc4c(-c4ccc(N(c5ccc(/C=C(\c6ccc(C)cc6)C6CCCCC6)cc5)c5ccc(/C=C(\c6ccc(C)cc6)C6CCCCC6)cc5)c5cccc(C)c45)c4ccccc34)cc2)C2CCCCC2)cc1. The van der Waals surface area contributed by atoms with E-state index in [1.807, 2.05) is 0 Å². The molecule has 0 saturated heterocycles. The molecule has 0 spiro atoms. The fourth-order valence-corrected chi connectivity index (χ4v) is 19.4. The zero-order chi connectivity index (χ0) is 75.2. The summed E-state index contributed by atoms with van der Waals surface area (Å²) in [5, 5.41) is 7.32. The van der Waals surface area contributed by atoms with Gasteiger partial charge in [-0.1, -0.05) is 342 Å². The Balaban J connectivity index is 0.818. The first-order valence-electron chi connectivity index (χ1n) is 42.2. The third-order valence-corrected chi connectivity index (χ3v) is 25.5. The van der Waals surface area contributed by atoms with Gasteiger partial charge in [0, 0.05) is 38.9 Å². The minimum Gasteiger partial charge on any atom is -0.310 e. The van der Waals surface area contributed by atoms with Crippen molar-refractivity contribution in [3.8, 4) is 11.1 Å².